The number of aliphatic hydroxyl groups is 1. The van der Waals surface area contributed by atoms with Gasteiger partial charge in [0.05, 0.1) is 23.0 Å². The highest BCUT2D eigenvalue weighted by molar-refractivity contribution is 6.05. The molecule has 2 saturated heterocycles. The third-order valence-electron chi connectivity index (χ3n) is 9.59. The van der Waals surface area contributed by atoms with Gasteiger partial charge in [0, 0.05) is 32.8 Å². The number of aliphatic hydroxyl groups excluding tert-OH is 1. The van der Waals surface area contributed by atoms with E-state index in [1.807, 2.05) is 0 Å². The summed E-state index contributed by atoms with van der Waals surface area (Å²) in [6.45, 7) is 11.1. The zero-order valence-electron chi connectivity index (χ0n) is 20.0. The van der Waals surface area contributed by atoms with Crippen LogP contribution in [0.2, 0.25) is 0 Å². The number of carbonyl (C=O) groups excluding carboxylic acids is 3. The molecule has 2 heterocycles. The number of ketones is 1. The minimum absolute atomic E-state index is 0.0362. The van der Waals surface area contributed by atoms with Crippen LogP contribution in [0.15, 0.2) is 12.2 Å². The van der Waals surface area contributed by atoms with Crippen molar-refractivity contribution in [3.05, 3.63) is 12.2 Å². The molecular formula is C25H34O8. The maximum absolute atomic E-state index is 13.9. The lowest BCUT2D eigenvalue weighted by atomic mass is 9.36. The normalized spacial score (nSPS) is 49.3. The van der Waals surface area contributed by atoms with E-state index in [0.717, 1.165) is 6.42 Å². The molecule has 2 aliphatic heterocycles. The molecule has 33 heavy (non-hydrogen) atoms. The molecule has 0 unspecified atom stereocenters. The summed E-state index contributed by atoms with van der Waals surface area (Å²) >= 11 is 0. The average Bonchev–Trinajstić information content (AvgIpc) is 2.85. The monoisotopic (exact) mass is 462 g/mol. The van der Waals surface area contributed by atoms with Gasteiger partial charge >= 0.3 is 11.9 Å². The van der Waals surface area contributed by atoms with Crippen molar-refractivity contribution in [1.82, 2.24) is 0 Å². The Labute approximate surface area is 194 Å². The highest BCUT2D eigenvalue weighted by atomic mass is 16.7. The number of hydrogen-bond acceptors (Lipinski definition) is 8. The topological polar surface area (TPSA) is 108 Å². The van der Waals surface area contributed by atoms with Crippen molar-refractivity contribution in [3.8, 4) is 0 Å². The summed E-state index contributed by atoms with van der Waals surface area (Å²) in [4.78, 5) is 38.4. The summed E-state index contributed by atoms with van der Waals surface area (Å²) in [6, 6.07) is 0. The highest BCUT2D eigenvalue weighted by Gasteiger charge is 2.84. The molecule has 8 heteroatoms. The predicted octanol–water partition coefficient (Wildman–Crippen LogP) is 2.17. The lowest BCUT2D eigenvalue weighted by molar-refractivity contribution is -0.415. The molecule has 0 radical (unpaired) electrons. The fourth-order valence-corrected chi connectivity index (χ4v) is 8.69. The molecule has 10 atom stereocenters. The van der Waals surface area contributed by atoms with Crippen LogP contribution in [-0.4, -0.2) is 60.6 Å². The van der Waals surface area contributed by atoms with E-state index in [2.05, 4.69) is 20.4 Å². The molecular weight excluding hydrogens is 428 g/mol. The van der Waals surface area contributed by atoms with Gasteiger partial charge in [0.15, 0.2) is 12.1 Å². The zero-order valence-corrected chi connectivity index (χ0v) is 20.0. The Kier molecular flexibility index (Phi) is 4.96. The van der Waals surface area contributed by atoms with Gasteiger partial charge in [0.2, 0.25) is 0 Å². The van der Waals surface area contributed by atoms with Crippen molar-refractivity contribution in [2.24, 2.45) is 34.0 Å². The second-order valence-electron chi connectivity index (χ2n) is 11.3. The van der Waals surface area contributed by atoms with Crippen LogP contribution in [0.3, 0.4) is 0 Å². The number of hydrogen-bond donors (Lipinski definition) is 1. The first-order valence-electron chi connectivity index (χ1n) is 11.9. The molecule has 0 aromatic heterocycles. The van der Waals surface area contributed by atoms with Crippen LogP contribution in [0, 0.1) is 34.0 Å². The Morgan fingerprint density at radius 2 is 1.82 bits per heavy atom. The van der Waals surface area contributed by atoms with Crippen molar-refractivity contribution in [2.45, 2.75) is 84.1 Å². The van der Waals surface area contributed by atoms with Gasteiger partial charge in [-0.15, -0.1) is 0 Å². The van der Waals surface area contributed by atoms with Crippen molar-refractivity contribution < 1.29 is 38.4 Å². The summed E-state index contributed by atoms with van der Waals surface area (Å²) in [5.74, 6) is -2.26. The minimum atomic E-state index is -1.31. The summed E-state index contributed by atoms with van der Waals surface area (Å²) < 4.78 is 24.2. The third-order valence-corrected chi connectivity index (χ3v) is 9.59. The molecule has 0 aromatic rings. The summed E-state index contributed by atoms with van der Waals surface area (Å²) in [5, 5.41) is 11.6. The van der Waals surface area contributed by atoms with Gasteiger partial charge in [-0.3, -0.25) is 14.4 Å². The van der Waals surface area contributed by atoms with Gasteiger partial charge in [-0.1, -0.05) is 20.4 Å². The first kappa shape index (κ1) is 23.0. The average molecular weight is 463 g/mol. The number of ether oxygens (including phenoxy) is 4. The first-order chi connectivity index (χ1) is 15.4. The second kappa shape index (κ2) is 7.12. The first-order valence-corrected chi connectivity index (χ1v) is 11.9. The summed E-state index contributed by atoms with van der Waals surface area (Å²) in [6.07, 6.45) is -1.45. The van der Waals surface area contributed by atoms with E-state index in [9.17, 15) is 19.5 Å². The molecule has 182 valence electrons. The van der Waals surface area contributed by atoms with Crippen molar-refractivity contribution in [3.63, 3.8) is 0 Å². The van der Waals surface area contributed by atoms with Crippen LogP contribution in [0.1, 0.15) is 53.4 Å². The fourth-order valence-electron chi connectivity index (χ4n) is 8.69. The van der Waals surface area contributed by atoms with E-state index < -0.39 is 65.3 Å². The number of fused-ring (bicyclic) bond motifs is 2. The van der Waals surface area contributed by atoms with Crippen molar-refractivity contribution in [1.29, 1.82) is 0 Å². The lowest BCUT2D eigenvalue weighted by Gasteiger charge is -2.73. The van der Waals surface area contributed by atoms with Crippen LogP contribution in [0.4, 0.5) is 0 Å². The Hall–Kier alpha value is -1.77. The maximum atomic E-state index is 13.9. The van der Waals surface area contributed by atoms with Crippen LogP contribution in [-0.2, 0) is 33.3 Å². The molecule has 4 aliphatic carbocycles. The van der Waals surface area contributed by atoms with E-state index in [-0.39, 0.29) is 17.1 Å². The summed E-state index contributed by atoms with van der Waals surface area (Å²) in [7, 11) is 1.55. The van der Waals surface area contributed by atoms with Gasteiger partial charge in [-0.2, -0.15) is 0 Å². The van der Waals surface area contributed by atoms with E-state index in [1.165, 1.54) is 13.8 Å². The molecule has 4 saturated carbocycles. The SMILES string of the molecule is C=C1C(=O)[C@]23[C@@H]4C[C@@H]5C(C)(C)CC[C@@H](OC(C)=O)[C@@]5([C@H](OC)O4)[C@@H]2[C@@H](OC(C)=O)C[C@@H]1[C@H]3O. The van der Waals surface area contributed by atoms with Gasteiger partial charge in [0.1, 0.15) is 12.2 Å². The van der Waals surface area contributed by atoms with E-state index in [1.54, 1.807) is 7.11 Å². The predicted molar refractivity (Wildman–Crippen MR) is 115 cm³/mol. The number of rotatable bonds is 3. The Morgan fingerprint density at radius 3 is 2.42 bits per heavy atom. The zero-order chi connectivity index (χ0) is 24.1. The molecule has 0 amide bonds. The molecule has 4 bridgehead atoms. The molecule has 6 aliphatic rings. The van der Waals surface area contributed by atoms with Crippen molar-refractivity contribution >= 4 is 17.7 Å². The van der Waals surface area contributed by atoms with Gasteiger partial charge in [-0.05, 0) is 42.6 Å². The quantitative estimate of drug-likeness (QED) is 0.502. The third kappa shape index (κ3) is 2.60. The lowest BCUT2D eigenvalue weighted by Crippen LogP contribution is -2.81. The minimum Gasteiger partial charge on any atom is -0.462 e. The van der Waals surface area contributed by atoms with Crippen LogP contribution < -0.4 is 0 Å². The Balaban J connectivity index is 1.80. The molecule has 8 nitrogen and oxygen atoms in total. The van der Waals surface area contributed by atoms with Crippen LogP contribution in [0.5, 0.6) is 0 Å². The molecule has 6 rings (SSSR count). The largest absolute Gasteiger partial charge is 0.462 e. The van der Waals surface area contributed by atoms with E-state index in [4.69, 9.17) is 18.9 Å². The van der Waals surface area contributed by atoms with Crippen LogP contribution >= 0.6 is 0 Å². The molecule has 2 spiro atoms. The van der Waals surface area contributed by atoms with Gasteiger partial charge < -0.3 is 24.1 Å². The summed E-state index contributed by atoms with van der Waals surface area (Å²) in [5.41, 5.74) is -2.08. The van der Waals surface area contributed by atoms with E-state index >= 15 is 0 Å². The standard InChI is InChI=1S/C25H34O8/c1-11-14-9-15(31-12(2)26)19-24-16(23(4,5)8-7-17(24)32-13(3)27)10-18(33-22(24)30-6)25(19,20(11)28)21(14)29/h14-19,21-22,29H,1,7-10H2,2-6H3/t14-,15-,16+,17+,18-,19-,21+,22+,24+,25-/m0/s1. The van der Waals surface area contributed by atoms with Gasteiger partial charge in [0.25, 0.3) is 0 Å². The Bertz CT molecular complexity index is 925. The second-order valence-corrected chi connectivity index (χ2v) is 11.3. The number of esters is 2. The molecule has 6 fully saturated rings. The fraction of sp³-hybridized carbons (Fsp3) is 0.800. The van der Waals surface area contributed by atoms with Gasteiger partial charge in [-0.25, -0.2) is 0 Å². The van der Waals surface area contributed by atoms with Crippen molar-refractivity contribution in [2.75, 3.05) is 7.11 Å². The number of carbonyl (C=O) groups is 3. The highest BCUT2D eigenvalue weighted by Crippen LogP contribution is 2.76. The maximum Gasteiger partial charge on any atom is 0.302 e. The number of methoxy groups -OCH3 is 1. The smallest absolute Gasteiger partial charge is 0.302 e. The Morgan fingerprint density at radius 1 is 1.15 bits per heavy atom. The molecule has 0 aromatic carbocycles. The van der Waals surface area contributed by atoms with E-state index in [0.29, 0.717) is 24.8 Å². The van der Waals surface area contributed by atoms with Crippen LogP contribution in [0.25, 0.3) is 0 Å². The molecule has 1 N–H and O–H groups in total. The number of Topliss-reactive ketones (excluding diaryl/α,β-unsaturated/α-hetero) is 1.